The lowest BCUT2D eigenvalue weighted by atomic mass is 10.0. The summed E-state index contributed by atoms with van der Waals surface area (Å²) in [6, 6.07) is 0. The van der Waals surface area contributed by atoms with Crippen LogP contribution >= 0.6 is 0 Å². The molecule has 0 aromatic rings. The van der Waals surface area contributed by atoms with Crippen molar-refractivity contribution >= 4 is 6.29 Å². The maximum atomic E-state index is 10.9. The largest absolute Gasteiger partial charge is 0.298 e. The minimum Gasteiger partial charge on any atom is -0.298 e. The van der Waals surface area contributed by atoms with E-state index < -0.39 is 0 Å². The van der Waals surface area contributed by atoms with Crippen LogP contribution in [-0.2, 0) is 4.79 Å². The summed E-state index contributed by atoms with van der Waals surface area (Å²) < 4.78 is 0. The maximum absolute atomic E-state index is 10.9. The van der Waals surface area contributed by atoms with Gasteiger partial charge in [0.1, 0.15) is 6.29 Å². The van der Waals surface area contributed by atoms with Gasteiger partial charge in [0.25, 0.3) is 0 Å². The third-order valence-electron chi connectivity index (χ3n) is 2.60. The molecule has 1 aliphatic carbocycles. The molecule has 1 heteroatoms. The van der Waals surface area contributed by atoms with E-state index in [-0.39, 0.29) is 0 Å². The smallest absolute Gasteiger partial charge is 0.146 e. The lowest BCUT2D eigenvalue weighted by Gasteiger charge is -2.04. The third-order valence-corrected chi connectivity index (χ3v) is 2.60. The molecule has 1 aliphatic rings. The third kappa shape index (κ3) is 4.78. The SMILES string of the molecule is CCCCC/C(C=O)=C/C1=CCCC=C1. The quantitative estimate of drug-likeness (QED) is 0.363. The van der Waals surface area contributed by atoms with Crippen molar-refractivity contribution in [2.45, 2.75) is 45.4 Å². The maximum Gasteiger partial charge on any atom is 0.146 e. The van der Waals surface area contributed by atoms with Gasteiger partial charge in [0.05, 0.1) is 0 Å². The van der Waals surface area contributed by atoms with Crippen molar-refractivity contribution in [1.82, 2.24) is 0 Å². The molecule has 0 amide bonds. The second-order valence-electron chi connectivity index (χ2n) is 3.98. The molecule has 0 aromatic carbocycles. The molecule has 0 N–H and O–H groups in total. The van der Waals surface area contributed by atoms with Crippen LogP contribution in [-0.4, -0.2) is 6.29 Å². The number of carbonyl (C=O) groups excluding carboxylic acids is 1. The van der Waals surface area contributed by atoms with E-state index in [1.54, 1.807) is 0 Å². The molecule has 1 rings (SSSR count). The van der Waals surface area contributed by atoms with Crippen LogP contribution in [0.5, 0.6) is 0 Å². The summed E-state index contributed by atoms with van der Waals surface area (Å²) >= 11 is 0. The van der Waals surface area contributed by atoms with Gasteiger partial charge in [-0.3, -0.25) is 4.79 Å². The highest BCUT2D eigenvalue weighted by molar-refractivity contribution is 5.74. The minimum atomic E-state index is 0.919. The number of aldehydes is 1. The fourth-order valence-corrected chi connectivity index (χ4v) is 1.70. The fraction of sp³-hybridized carbons (Fsp3) is 0.500. The fourth-order valence-electron chi connectivity index (χ4n) is 1.70. The summed E-state index contributed by atoms with van der Waals surface area (Å²) in [4.78, 5) is 10.9. The van der Waals surface area contributed by atoms with Crippen LogP contribution in [0, 0.1) is 0 Å². The molecular formula is C14H20O. The Bertz CT molecular complexity index is 282. The molecule has 0 spiro atoms. The van der Waals surface area contributed by atoms with Crippen LogP contribution in [0.4, 0.5) is 0 Å². The lowest BCUT2D eigenvalue weighted by Crippen LogP contribution is -1.89. The van der Waals surface area contributed by atoms with E-state index in [9.17, 15) is 4.79 Å². The molecule has 0 fully saturated rings. The highest BCUT2D eigenvalue weighted by Crippen LogP contribution is 2.15. The summed E-state index contributed by atoms with van der Waals surface area (Å²) in [5.41, 5.74) is 2.13. The summed E-state index contributed by atoms with van der Waals surface area (Å²) in [6.45, 7) is 2.18. The molecule has 82 valence electrons. The van der Waals surface area contributed by atoms with Gasteiger partial charge in [-0.1, -0.05) is 38.0 Å². The van der Waals surface area contributed by atoms with Crippen LogP contribution in [0.25, 0.3) is 0 Å². The Labute approximate surface area is 92.6 Å². The standard InChI is InChI=1S/C14H20O/c1-2-3-5-10-14(12-15)11-13-8-6-4-7-9-13/h6,8-9,11-12H,2-5,7,10H2,1H3/b14-11-. The summed E-state index contributed by atoms with van der Waals surface area (Å²) in [5, 5.41) is 0. The first-order chi connectivity index (χ1) is 7.36. The van der Waals surface area contributed by atoms with Crippen molar-refractivity contribution in [1.29, 1.82) is 0 Å². The average molecular weight is 204 g/mol. The second kappa shape index (κ2) is 7.22. The highest BCUT2D eigenvalue weighted by Gasteiger charge is 1.98. The lowest BCUT2D eigenvalue weighted by molar-refractivity contribution is -0.105. The topological polar surface area (TPSA) is 17.1 Å². The summed E-state index contributed by atoms with van der Waals surface area (Å²) in [5.74, 6) is 0. The van der Waals surface area contributed by atoms with Crippen LogP contribution in [0.2, 0.25) is 0 Å². The van der Waals surface area contributed by atoms with Crippen molar-refractivity contribution < 1.29 is 4.79 Å². The Morgan fingerprint density at radius 3 is 2.87 bits per heavy atom. The summed E-state index contributed by atoms with van der Waals surface area (Å²) in [7, 11) is 0. The molecule has 0 radical (unpaired) electrons. The Morgan fingerprint density at radius 1 is 1.40 bits per heavy atom. The Balaban J connectivity index is 2.49. The zero-order valence-corrected chi connectivity index (χ0v) is 9.54. The van der Waals surface area contributed by atoms with Crippen LogP contribution in [0.15, 0.2) is 35.5 Å². The monoisotopic (exact) mass is 204 g/mol. The van der Waals surface area contributed by atoms with Gasteiger partial charge in [0.2, 0.25) is 0 Å². The van der Waals surface area contributed by atoms with Gasteiger partial charge in [0.15, 0.2) is 0 Å². The zero-order chi connectivity index (χ0) is 10.9. The first-order valence-corrected chi connectivity index (χ1v) is 5.89. The molecule has 0 aliphatic heterocycles. The number of rotatable bonds is 6. The summed E-state index contributed by atoms with van der Waals surface area (Å²) in [6.07, 6.45) is 16.2. The van der Waals surface area contributed by atoms with Crippen molar-refractivity contribution in [3.8, 4) is 0 Å². The Kier molecular flexibility index (Phi) is 5.76. The molecule has 0 atom stereocenters. The van der Waals surface area contributed by atoms with Gasteiger partial charge in [-0.25, -0.2) is 0 Å². The van der Waals surface area contributed by atoms with Crippen LogP contribution in [0.1, 0.15) is 45.4 Å². The molecule has 0 saturated heterocycles. The number of hydrogen-bond donors (Lipinski definition) is 0. The van der Waals surface area contributed by atoms with Crippen molar-refractivity contribution in [3.05, 3.63) is 35.5 Å². The molecule has 0 saturated carbocycles. The van der Waals surface area contributed by atoms with Gasteiger partial charge < -0.3 is 0 Å². The predicted octanol–water partition coefficient (Wildman–Crippen LogP) is 3.97. The van der Waals surface area contributed by atoms with E-state index in [1.165, 1.54) is 18.4 Å². The molecule has 1 nitrogen and oxygen atoms in total. The number of allylic oxidation sites excluding steroid dienone is 6. The predicted molar refractivity (Wildman–Crippen MR) is 64.7 cm³/mol. The highest BCUT2D eigenvalue weighted by atomic mass is 16.1. The molecule has 0 heterocycles. The van der Waals surface area contributed by atoms with E-state index in [2.05, 4.69) is 25.2 Å². The Morgan fingerprint density at radius 2 is 2.27 bits per heavy atom. The number of unbranched alkanes of at least 4 members (excludes halogenated alkanes) is 2. The normalized spacial score (nSPS) is 16.3. The van der Waals surface area contributed by atoms with E-state index in [0.717, 1.165) is 37.5 Å². The minimum absolute atomic E-state index is 0.919. The number of carbonyl (C=O) groups is 1. The van der Waals surface area contributed by atoms with Gasteiger partial charge in [-0.15, -0.1) is 0 Å². The van der Waals surface area contributed by atoms with Crippen molar-refractivity contribution in [2.24, 2.45) is 0 Å². The van der Waals surface area contributed by atoms with Crippen LogP contribution < -0.4 is 0 Å². The van der Waals surface area contributed by atoms with E-state index in [0.29, 0.717) is 0 Å². The zero-order valence-electron chi connectivity index (χ0n) is 9.54. The van der Waals surface area contributed by atoms with Crippen LogP contribution in [0.3, 0.4) is 0 Å². The molecule has 15 heavy (non-hydrogen) atoms. The second-order valence-corrected chi connectivity index (χ2v) is 3.98. The van der Waals surface area contributed by atoms with Gasteiger partial charge in [-0.2, -0.15) is 0 Å². The molecule has 0 bridgehead atoms. The Hall–Kier alpha value is -1.11. The van der Waals surface area contributed by atoms with Crippen molar-refractivity contribution in [2.75, 3.05) is 0 Å². The average Bonchev–Trinajstić information content (AvgIpc) is 2.29. The van der Waals surface area contributed by atoms with Gasteiger partial charge >= 0.3 is 0 Å². The first-order valence-electron chi connectivity index (χ1n) is 5.89. The molecule has 0 unspecified atom stereocenters. The number of hydrogen-bond acceptors (Lipinski definition) is 1. The van der Waals surface area contributed by atoms with Gasteiger partial charge in [-0.05, 0) is 42.9 Å². The van der Waals surface area contributed by atoms with Crippen molar-refractivity contribution in [3.63, 3.8) is 0 Å². The van der Waals surface area contributed by atoms with E-state index in [4.69, 9.17) is 0 Å². The van der Waals surface area contributed by atoms with Gasteiger partial charge in [0, 0.05) is 0 Å². The van der Waals surface area contributed by atoms with E-state index in [1.807, 2.05) is 6.08 Å². The molecular weight excluding hydrogens is 184 g/mol. The van der Waals surface area contributed by atoms with E-state index >= 15 is 0 Å². The molecule has 0 aromatic heterocycles. The first kappa shape index (κ1) is 12.0.